The van der Waals surface area contributed by atoms with Gasteiger partial charge in [0.1, 0.15) is 17.3 Å². The second-order valence-electron chi connectivity index (χ2n) is 2.83. The summed E-state index contributed by atoms with van der Waals surface area (Å²) < 4.78 is 8.62. The van der Waals surface area contributed by atoms with Crippen molar-refractivity contribution in [2.75, 3.05) is 25.5 Å². The van der Waals surface area contributed by atoms with E-state index in [1.165, 1.54) is 11.5 Å². The number of carbonyl (C=O) groups is 1. The van der Waals surface area contributed by atoms with E-state index in [2.05, 4.69) is 14.9 Å². The highest BCUT2D eigenvalue weighted by Gasteiger charge is 2.23. The molecule has 0 aromatic carbocycles. The van der Waals surface area contributed by atoms with Gasteiger partial charge in [-0.15, -0.1) is 5.10 Å². The van der Waals surface area contributed by atoms with E-state index in [0.717, 1.165) is 10.7 Å². The van der Waals surface area contributed by atoms with Crippen molar-refractivity contribution in [3.8, 4) is 0 Å². The molecular weight excluding hydrogens is 204 g/mol. The molecule has 14 heavy (non-hydrogen) atoms. The van der Waals surface area contributed by atoms with E-state index >= 15 is 0 Å². The van der Waals surface area contributed by atoms with Crippen molar-refractivity contribution in [2.24, 2.45) is 0 Å². The molecule has 7 heteroatoms. The molecule has 1 fully saturated rings. The minimum atomic E-state index is -0.278. The molecule has 0 aliphatic carbocycles. The zero-order valence-electron chi connectivity index (χ0n) is 7.69. The van der Waals surface area contributed by atoms with E-state index < -0.39 is 0 Å². The third kappa shape index (κ3) is 1.63. The van der Waals surface area contributed by atoms with Gasteiger partial charge in [-0.3, -0.25) is 4.90 Å². The first kappa shape index (κ1) is 9.20. The second kappa shape index (κ2) is 3.79. The van der Waals surface area contributed by atoms with Crippen molar-refractivity contribution in [3.63, 3.8) is 0 Å². The molecule has 0 atom stereocenters. The first-order valence-corrected chi connectivity index (χ1v) is 4.99. The lowest BCUT2D eigenvalue weighted by Crippen LogP contribution is -2.24. The highest BCUT2D eigenvalue weighted by Crippen LogP contribution is 2.19. The van der Waals surface area contributed by atoms with Gasteiger partial charge in [-0.2, -0.15) is 0 Å². The van der Waals surface area contributed by atoms with Crippen LogP contribution in [0.3, 0.4) is 0 Å². The van der Waals surface area contributed by atoms with Crippen molar-refractivity contribution < 1.29 is 9.53 Å². The van der Waals surface area contributed by atoms with Crippen LogP contribution in [0, 0.1) is 0 Å². The van der Waals surface area contributed by atoms with Gasteiger partial charge in [-0.25, -0.2) is 4.79 Å². The summed E-state index contributed by atoms with van der Waals surface area (Å²) in [5.41, 5.74) is 0.788. The molecule has 0 radical (unpaired) electrons. The SMILES string of the molecule is CNc1snnc1CN1CCOC1=O. The van der Waals surface area contributed by atoms with Crippen LogP contribution in [0.2, 0.25) is 0 Å². The molecule has 1 saturated heterocycles. The average Bonchev–Trinajstić information content (AvgIpc) is 2.77. The van der Waals surface area contributed by atoms with Crippen LogP contribution >= 0.6 is 11.5 Å². The fourth-order valence-corrected chi connectivity index (χ4v) is 1.78. The molecule has 1 aromatic rings. The Morgan fingerprint density at radius 2 is 2.57 bits per heavy atom. The van der Waals surface area contributed by atoms with Gasteiger partial charge < -0.3 is 10.1 Å². The number of ether oxygens (including phenoxy) is 1. The van der Waals surface area contributed by atoms with Gasteiger partial charge in [0, 0.05) is 18.6 Å². The second-order valence-corrected chi connectivity index (χ2v) is 3.59. The summed E-state index contributed by atoms with van der Waals surface area (Å²) in [6, 6.07) is 0. The van der Waals surface area contributed by atoms with Crippen molar-refractivity contribution in [2.45, 2.75) is 6.54 Å². The van der Waals surface area contributed by atoms with Crippen LogP contribution in [-0.4, -0.2) is 40.8 Å². The van der Waals surface area contributed by atoms with Gasteiger partial charge in [-0.1, -0.05) is 4.49 Å². The van der Waals surface area contributed by atoms with Crippen LogP contribution in [0.4, 0.5) is 9.80 Å². The lowest BCUT2D eigenvalue weighted by molar-refractivity contribution is 0.157. The molecule has 1 aliphatic rings. The summed E-state index contributed by atoms with van der Waals surface area (Å²) in [5.74, 6) is 0. The Kier molecular flexibility index (Phi) is 2.49. The predicted molar refractivity (Wildman–Crippen MR) is 51.2 cm³/mol. The first-order chi connectivity index (χ1) is 6.81. The number of rotatable bonds is 3. The fourth-order valence-electron chi connectivity index (χ4n) is 1.25. The zero-order chi connectivity index (χ0) is 9.97. The average molecular weight is 214 g/mol. The van der Waals surface area contributed by atoms with Gasteiger partial charge in [0.15, 0.2) is 0 Å². The number of cyclic esters (lactones) is 1. The molecule has 0 spiro atoms. The van der Waals surface area contributed by atoms with E-state index in [1.807, 2.05) is 0 Å². The Balaban J connectivity index is 2.06. The number of hydrogen-bond donors (Lipinski definition) is 1. The van der Waals surface area contributed by atoms with Crippen LogP contribution in [0.1, 0.15) is 5.69 Å². The van der Waals surface area contributed by atoms with E-state index in [-0.39, 0.29) is 6.09 Å². The Labute approximate surface area is 85.0 Å². The highest BCUT2D eigenvalue weighted by atomic mass is 32.1. The predicted octanol–water partition coefficient (Wildman–Crippen LogP) is 0.532. The summed E-state index contributed by atoms with van der Waals surface area (Å²) in [7, 11) is 1.81. The number of nitrogens with zero attached hydrogens (tertiary/aromatic N) is 3. The molecule has 0 unspecified atom stereocenters. The number of nitrogens with one attached hydrogen (secondary N) is 1. The Morgan fingerprint density at radius 3 is 3.21 bits per heavy atom. The van der Waals surface area contributed by atoms with Crippen molar-refractivity contribution in [1.29, 1.82) is 0 Å². The van der Waals surface area contributed by atoms with Gasteiger partial charge in [0.2, 0.25) is 0 Å². The topological polar surface area (TPSA) is 67.3 Å². The van der Waals surface area contributed by atoms with Crippen molar-refractivity contribution >= 4 is 22.6 Å². The minimum absolute atomic E-state index is 0.278. The zero-order valence-corrected chi connectivity index (χ0v) is 8.50. The lowest BCUT2D eigenvalue weighted by Gasteiger charge is -2.10. The van der Waals surface area contributed by atoms with Gasteiger partial charge >= 0.3 is 6.09 Å². The smallest absolute Gasteiger partial charge is 0.410 e. The van der Waals surface area contributed by atoms with Crippen molar-refractivity contribution in [3.05, 3.63) is 5.69 Å². The number of amides is 1. The van der Waals surface area contributed by atoms with Crippen LogP contribution in [0.5, 0.6) is 0 Å². The summed E-state index contributed by atoms with van der Waals surface area (Å²) in [6.07, 6.45) is -0.278. The number of aromatic nitrogens is 2. The maximum atomic E-state index is 11.1. The maximum absolute atomic E-state index is 11.1. The molecule has 6 nitrogen and oxygen atoms in total. The Bertz CT molecular complexity index is 340. The van der Waals surface area contributed by atoms with Crippen molar-refractivity contribution in [1.82, 2.24) is 14.5 Å². The minimum Gasteiger partial charge on any atom is -0.448 e. The molecule has 2 rings (SSSR count). The number of carbonyl (C=O) groups excluding carboxylic acids is 1. The molecule has 76 valence electrons. The van der Waals surface area contributed by atoms with E-state index in [1.54, 1.807) is 11.9 Å². The quantitative estimate of drug-likeness (QED) is 0.795. The lowest BCUT2D eigenvalue weighted by atomic mass is 10.4. The van der Waals surface area contributed by atoms with Crippen LogP contribution in [-0.2, 0) is 11.3 Å². The maximum Gasteiger partial charge on any atom is 0.410 e. The first-order valence-electron chi connectivity index (χ1n) is 4.22. The van der Waals surface area contributed by atoms with Crippen LogP contribution in [0.25, 0.3) is 0 Å². The summed E-state index contributed by atoms with van der Waals surface area (Å²) in [6.45, 7) is 1.55. The Morgan fingerprint density at radius 1 is 1.71 bits per heavy atom. The van der Waals surface area contributed by atoms with E-state index in [9.17, 15) is 4.79 Å². The van der Waals surface area contributed by atoms with Crippen LogP contribution in [0.15, 0.2) is 0 Å². The molecular formula is C7H10N4O2S. The number of hydrogen-bond acceptors (Lipinski definition) is 6. The molecule has 0 bridgehead atoms. The van der Waals surface area contributed by atoms with E-state index in [4.69, 9.17) is 4.74 Å². The summed E-state index contributed by atoms with van der Waals surface area (Å²) in [4.78, 5) is 12.7. The molecule has 1 amide bonds. The molecule has 1 aromatic heterocycles. The molecule has 2 heterocycles. The van der Waals surface area contributed by atoms with Gasteiger partial charge in [0.05, 0.1) is 13.1 Å². The highest BCUT2D eigenvalue weighted by molar-refractivity contribution is 7.10. The van der Waals surface area contributed by atoms with Gasteiger partial charge in [0.25, 0.3) is 0 Å². The third-order valence-corrected chi connectivity index (χ3v) is 2.75. The molecule has 0 saturated carbocycles. The molecule has 1 N–H and O–H groups in total. The van der Waals surface area contributed by atoms with Gasteiger partial charge in [-0.05, 0) is 0 Å². The summed E-state index contributed by atoms with van der Waals surface area (Å²) in [5, 5.41) is 7.81. The third-order valence-electron chi connectivity index (χ3n) is 1.97. The largest absolute Gasteiger partial charge is 0.448 e. The fraction of sp³-hybridized carbons (Fsp3) is 0.571. The monoisotopic (exact) mass is 214 g/mol. The summed E-state index contributed by atoms with van der Waals surface area (Å²) >= 11 is 1.28. The van der Waals surface area contributed by atoms with Crippen LogP contribution < -0.4 is 5.32 Å². The Hall–Kier alpha value is -1.37. The van der Waals surface area contributed by atoms with E-state index in [0.29, 0.717) is 19.7 Å². The normalized spacial score (nSPS) is 15.8. The standard InChI is InChI=1S/C7H10N4O2S/c1-8-6-5(9-10-14-6)4-11-2-3-13-7(11)12/h8H,2-4H2,1H3. The number of anilines is 1. The molecule has 1 aliphatic heterocycles.